The zero-order chi connectivity index (χ0) is 23.7. The summed E-state index contributed by atoms with van der Waals surface area (Å²) in [4.78, 5) is 29.6. The fourth-order valence-corrected chi connectivity index (χ4v) is 4.31. The van der Waals surface area contributed by atoms with Crippen molar-refractivity contribution in [3.8, 4) is 11.5 Å². The average Bonchev–Trinajstić information content (AvgIpc) is 3.40. The van der Waals surface area contributed by atoms with Crippen LogP contribution in [-0.2, 0) is 16.1 Å². The summed E-state index contributed by atoms with van der Waals surface area (Å²) < 4.78 is 5.81. The zero-order valence-corrected chi connectivity index (χ0v) is 20.0. The Balaban J connectivity index is 1.51. The summed E-state index contributed by atoms with van der Waals surface area (Å²) in [7, 11) is 0. The Hall–Kier alpha value is -3.19. The number of aryl methyl sites for hydroxylation is 1. The highest BCUT2D eigenvalue weighted by molar-refractivity contribution is 6.33. The molecule has 1 unspecified atom stereocenters. The lowest BCUT2D eigenvalue weighted by atomic mass is 10.1. The van der Waals surface area contributed by atoms with Gasteiger partial charge in [-0.25, -0.2) is 0 Å². The van der Waals surface area contributed by atoms with E-state index >= 15 is 0 Å². The standard InChI is InChI=1S/C25H27ClN4O3/c1-15(2)29(14-22-27-28-24(33-22)19-9-5-6-10-20(19)26)25(32)18-12-23(31)30(13-18)21-11-7-8-16(3)17(21)4/h5-11,15,18H,12-14H2,1-4H3. The van der Waals surface area contributed by atoms with Gasteiger partial charge in [-0.1, -0.05) is 35.9 Å². The molecule has 0 saturated carbocycles. The number of benzene rings is 2. The molecule has 8 heteroatoms. The smallest absolute Gasteiger partial charge is 0.249 e. The van der Waals surface area contributed by atoms with E-state index in [1.54, 1.807) is 21.9 Å². The van der Waals surface area contributed by atoms with E-state index in [1.165, 1.54) is 0 Å². The summed E-state index contributed by atoms with van der Waals surface area (Å²) in [6, 6.07) is 13.0. The van der Waals surface area contributed by atoms with E-state index in [2.05, 4.69) is 10.2 Å². The predicted octanol–water partition coefficient (Wildman–Crippen LogP) is 4.80. The minimum atomic E-state index is -0.425. The van der Waals surface area contributed by atoms with Gasteiger partial charge in [0, 0.05) is 24.7 Å². The first-order valence-corrected chi connectivity index (χ1v) is 11.4. The van der Waals surface area contributed by atoms with Crippen molar-refractivity contribution in [1.29, 1.82) is 0 Å². The van der Waals surface area contributed by atoms with Gasteiger partial charge < -0.3 is 14.2 Å². The minimum absolute atomic E-state index is 0.0375. The Morgan fingerprint density at radius 3 is 2.67 bits per heavy atom. The van der Waals surface area contributed by atoms with E-state index < -0.39 is 5.92 Å². The van der Waals surface area contributed by atoms with Crippen LogP contribution in [0.5, 0.6) is 0 Å². The van der Waals surface area contributed by atoms with Crippen LogP contribution in [0.25, 0.3) is 11.5 Å². The molecule has 1 saturated heterocycles. The molecule has 4 rings (SSSR count). The van der Waals surface area contributed by atoms with Gasteiger partial charge in [0.25, 0.3) is 0 Å². The molecule has 2 aromatic carbocycles. The van der Waals surface area contributed by atoms with Gasteiger partial charge >= 0.3 is 0 Å². The SMILES string of the molecule is Cc1cccc(N2CC(C(=O)N(Cc3nnc(-c4ccccc4Cl)o3)C(C)C)CC2=O)c1C. The van der Waals surface area contributed by atoms with Gasteiger partial charge in [0.2, 0.25) is 23.6 Å². The third-order valence-electron chi connectivity index (χ3n) is 6.12. The van der Waals surface area contributed by atoms with Crippen molar-refractivity contribution < 1.29 is 14.0 Å². The topological polar surface area (TPSA) is 79.5 Å². The number of rotatable bonds is 6. The Morgan fingerprint density at radius 1 is 1.18 bits per heavy atom. The van der Waals surface area contributed by atoms with Crippen molar-refractivity contribution in [2.24, 2.45) is 5.92 Å². The molecule has 3 aromatic rings. The second-order valence-electron chi connectivity index (χ2n) is 8.67. The van der Waals surface area contributed by atoms with Crippen LogP contribution in [0.1, 0.15) is 37.3 Å². The number of hydrogen-bond donors (Lipinski definition) is 0. The van der Waals surface area contributed by atoms with E-state index in [9.17, 15) is 9.59 Å². The molecule has 2 amide bonds. The van der Waals surface area contributed by atoms with Crippen LogP contribution >= 0.6 is 11.6 Å². The highest BCUT2D eigenvalue weighted by atomic mass is 35.5. The molecule has 0 spiro atoms. The first-order valence-electron chi connectivity index (χ1n) is 11.0. The van der Waals surface area contributed by atoms with Gasteiger partial charge in [-0.05, 0) is 57.0 Å². The number of amides is 2. The fourth-order valence-electron chi connectivity index (χ4n) is 4.09. The van der Waals surface area contributed by atoms with Crippen LogP contribution in [0.15, 0.2) is 46.9 Å². The largest absolute Gasteiger partial charge is 0.419 e. The van der Waals surface area contributed by atoms with Crippen molar-refractivity contribution in [3.63, 3.8) is 0 Å². The molecule has 1 aliphatic heterocycles. The van der Waals surface area contributed by atoms with Crippen LogP contribution in [0.2, 0.25) is 5.02 Å². The fraction of sp³-hybridized carbons (Fsp3) is 0.360. The van der Waals surface area contributed by atoms with E-state index in [1.807, 2.05) is 58.0 Å². The Kier molecular flexibility index (Phi) is 6.51. The Morgan fingerprint density at radius 2 is 1.94 bits per heavy atom. The molecule has 1 atom stereocenters. The number of halogens is 1. The van der Waals surface area contributed by atoms with E-state index in [0.29, 0.717) is 28.9 Å². The monoisotopic (exact) mass is 466 g/mol. The molecule has 172 valence electrons. The number of nitrogens with zero attached hydrogens (tertiary/aromatic N) is 4. The van der Waals surface area contributed by atoms with Crippen molar-refractivity contribution in [2.75, 3.05) is 11.4 Å². The van der Waals surface area contributed by atoms with Crippen LogP contribution in [0, 0.1) is 19.8 Å². The van der Waals surface area contributed by atoms with Gasteiger partial charge in [0.05, 0.1) is 23.0 Å². The molecule has 0 aliphatic carbocycles. The van der Waals surface area contributed by atoms with Crippen LogP contribution in [0.4, 0.5) is 5.69 Å². The summed E-state index contributed by atoms with van der Waals surface area (Å²) in [5.74, 6) is 0.0746. The van der Waals surface area contributed by atoms with Crippen molar-refractivity contribution in [2.45, 2.75) is 46.7 Å². The molecule has 0 N–H and O–H groups in total. The third-order valence-corrected chi connectivity index (χ3v) is 6.45. The number of hydrogen-bond acceptors (Lipinski definition) is 5. The number of anilines is 1. The maximum Gasteiger partial charge on any atom is 0.249 e. The summed E-state index contributed by atoms with van der Waals surface area (Å²) in [5.41, 5.74) is 3.68. The highest BCUT2D eigenvalue weighted by Gasteiger charge is 2.38. The Bertz CT molecular complexity index is 1190. The normalized spacial score (nSPS) is 16.0. The van der Waals surface area contributed by atoms with Gasteiger partial charge in [0.1, 0.15) is 0 Å². The maximum atomic E-state index is 13.4. The number of aromatic nitrogens is 2. The predicted molar refractivity (Wildman–Crippen MR) is 127 cm³/mol. The van der Waals surface area contributed by atoms with E-state index in [-0.39, 0.29) is 30.8 Å². The lowest BCUT2D eigenvalue weighted by Gasteiger charge is -2.28. The molecule has 33 heavy (non-hydrogen) atoms. The van der Waals surface area contributed by atoms with Gasteiger partial charge in [-0.15, -0.1) is 10.2 Å². The molecular formula is C25H27ClN4O3. The second-order valence-corrected chi connectivity index (χ2v) is 9.07. The Labute approximate surface area is 198 Å². The average molecular weight is 467 g/mol. The van der Waals surface area contributed by atoms with Crippen LogP contribution in [0.3, 0.4) is 0 Å². The number of carbonyl (C=O) groups is 2. The first-order chi connectivity index (χ1) is 15.8. The third kappa shape index (κ3) is 4.64. The van der Waals surface area contributed by atoms with Crippen LogP contribution < -0.4 is 4.90 Å². The molecular weight excluding hydrogens is 440 g/mol. The lowest BCUT2D eigenvalue weighted by Crippen LogP contribution is -2.41. The summed E-state index contributed by atoms with van der Waals surface area (Å²) in [6.45, 7) is 8.41. The van der Waals surface area contributed by atoms with Gasteiger partial charge in [0.15, 0.2) is 0 Å². The molecule has 1 aromatic heterocycles. The molecule has 1 aliphatic rings. The molecule has 7 nitrogen and oxygen atoms in total. The summed E-state index contributed by atoms with van der Waals surface area (Å²) >= 11 is 6.23. The second kappa shape index (κ2) is 9.35. The molecule has 0 bridgehead atoms. The zero-order valence-electron chi connectivity index (χ0n) is 19.2. The van der Waals surface area contributed by atoms with Gasteiger partial charge in [-0.2, -0.15) is 0 Å². The molecule has 2 heterocycles. The van der Waals surface area contributed by atoms with Crippen molar-refractivity contribution in [1.82, 2.24) is 15.1 Å². The minimum Gasteiger partial charge on any atom is -0.419 e. The van der Waals surface area contributed by atoms with E-state index in [4.69, 9.17) is 16.0 Å². The summed E-state index contributed by atoms with van der Waals surface area (Å²) in [6.07, 6.45) is 0.185. The highest BCUT2D eigenvalue weighted by Crippen LogP contribution is 2.31. The van der Waals surface area contributed by atoms with Crippen molar-refractivity contribution in [3.05, 3.63) is 64.5 Å². The number of carbonyl (C=O) groups excluding carboxylic acids is 2. The van der Waals surface area contributed by atoms with Gasteiger partial charge in [-0.3, -0.25) is 9.59 Å². The lowest BCUT2D eigenvalue weighted by molar-refractivity contribution is -0.138. The molecule has 1 fully saturated rings. The van der Waals surface area contributed by atoms with Crippen LogP contribution in [-0.4, -0.2) is 39.5 Å². The maximum absolute atomic E-state index is 13.4. The van der Waals surface area contributed by atoms with Crippen molar-refractivity contribution >= 4 is 29.1 Å². The molecule has 0 radical (unpaired) electrons. The van der Waals surface area contributed by atoms with E-state index in [0.717, 1.165) is 16.8 Å². The summed E-state index contributed by atoms with van der Waals surface area (Å²) in [5, 5.41) is 8.73. The quantitative estimate of drug-likeness (QED) is 0.521. The first kappa shape index (κ1) is 23.0.